The van der Waals surface area contributed by atoms with Crippen LogP contribution >= 0.6 is 0 Å². The first kappa shape index (κ1) is 3.84. The first-order chi connectivity index (χ1) is 4.33. The van der Waals surface area contributed by atoms with Crippen LogP contribution in [0.5, 0.6) is 0 Å². The highest BCUT2D eigenvalue weighted by Crippen LogP contribution is 1.91. The Labute approximate surface area is 49.4 Å². The van der Waals surface area contributed by atoms with E-state index >= 15 is 0 Å². The van der Waals surface area contributed by atoms with E-state index in [1.807, 2.05) is 0 Å². The van der Waals surface area contributed by atoms with Crippen molar-refractivity contribution in [2.24, 2.45) is 0 Å². The maximum Gasteiger partial charge on any atom is 0.150 e. The molecule has 0 atom stereocenters. The molecule has 0 spiro atoms. The van der Waals surface area contributed by atoms with Crippen molar-refractivity contribution in [2.45, 2.75) is 0 Å². The highest BCUT2D eigenvalue weighted by molar-refractivity contribution is 5.74. The molecule has 0 saturated heterocycles. The number of rotatable bonds is 1. The topological polar surface area (TPSA) is 17.1 Å². The lowest BCUT2D eigenvalue weighted by Crippen LogP contribution is -1.73. The minimum atomic E-state index is 0.375. The second-order valence-corrected chi connectivity index (χ2v) is 1.45. The van der Waals surface area contributed by atoms with E-state index in [0.717, 1.165) is 6.29 Å². The van der Waals surface area contributed by atoms with E-state index in [9.17, 15) is 4.79 Å². The molecule has 0 amide bonds. The van der Waals surface area contributed by atoms with Crippen LogP contribution in [0, 0.1) is 0 Å². The number of benzene rings is 1. The van der Waals surface area contributed by atoms with Crippen molar-refractivity contribution < 1.29 is 6.17 Å². The molecule has 1 aromatic rings. The SMILES string of the molecule is [2H]c1cccc(C=O)c1. The molecule has 0 aliphatic heterocycles. The van der Waals surface area contributed by atoms with E-state index in [2.05, 4.69) is 0 Å². The Balaban J connectivity index is 3.07. The van der Waals surface area contributed by atoms with Crippen LogP contribution in [-0.2, 0) is 0 Å². The fourth-order valence-corrected chi connectivity index (χ4v) is 0.481. The maximum absolute atomic E-state index is 10.1. The Morgan fingerprint density at radius 3 is 2.88 bits per heavy atom. The lowest BCUT2D eigenvalue weighted by atomic mass is 10.2. The maximum atomic E-state index is 10.1. The molecule has 1 heteroatoms. The molecule has 0 fully saturated rings. The molecule has 0 heterocycles. The van der Waals surface area contributed by atoms with Crippen LogP contribution in [-0.4, -0.2) is 6.29 Å². The molecule has 0 saturated carbocycles. The Kier molecular flexibility index (Phi) is 1.09. The summed E-state index contributed by atoms with van der Waals surface area (Å²) in [4.78, 5) is 10.1. The Morgan fingerprint density at radius 1 is 1.50 bits per heavy atom. The van der Waals surface area contributed by atoms with Crippen LogP contribution in [0.25, 0.3) is 0 Å². The van der Waals surface area contributed by atoms with Gasteiger partial charge in [0.15, 0.2) is 0 Å². The van der Waals surface area contributed by atoms with E-state index in [1.165, 1.54) is 6.07 Å². The summed E-state index contributed by atoms with van der Waals surface area (Å²) < 4.78 is 7.08. The molecule has 40 valence electrons. The van der Waals surface area contributed by atoms with Crippen molar-refractivity contribution in [2.75, 3.05) is 0 Å². The second kappa shape index (κ2) is 2.26. The first-order valence-corrected chi connectivity index (χ1v) is 2.35. The highest BCUT2D eigenvalue weighted by Gasteiger charge is 1.79. The number of carbonyl (C=O) groups excluding carboxylic acids is 1. The van der Waals surface area contributed by atoms with Gasteiger partial charge in [-0.3, -0.25) is 4.79 Å². The molecule has 0 unspecified atom stereocenters. The van der Waals surface area contributed by atoms with Crippen LogP contribution in [0.2, 0.25) is 0 Å². The van der Waals surface area contributed by atoms with Crippen LogP contribution < -0.4 is 0 Å². The molecule has 0 radical (unpaired) electrons. The van der Waals surface area contributed by atoms with Crippen molar-refractivity contribution in [3.05, 3.63) is 35.9 Å². The largest absolute Gasteiger partial charge is 0.298 e. The molecular weight excluding hydrogens is 100 g/mol. The number of aldehydes is 1. The molecule has 1 rings (SSSR count). The van der Waals surface area contributed by atoms with Crippen LogP contribution in [0.1, 0.15) is 11.7 Å². The normalized spacial score (nSPS) is 10.2. The molecular formula is C7H6O. The van der Waals surface area contributed by atoms with Crippen molar-refractivity contribution in [1.29, 1.82) is 0 Å². The van der Waals surface area contributed by atoms with Crippen LogP contribution in [0.4, 0.5) is 0 Å². The molecule has 1 nitrogen and oxygen atoms in total. The number of hydrogen-bond acceptors (Lipinski definition) is 1. The van der Waals surface area contributed by atoms with Crippen molar-refractivity contribution in [1.82, 2.24) is 0 Å². The fourth-order valence-electron chi connectivity index (χ4n) is 0.481. The Hall–Kier alpha value is -1.11. The van der Waals surface area contributed by atoms with Gasteiger partial charge in [-0.05, 0) is 0 Å². The summed E-state index contributed by atoms with van der Waals surface area (Å²) in [5, 5.41) is 0. The lowest BCUT2D eigenvalue weighted by molar-refractivity contribution is 0.112. The van der Waals surface area contributed by atoms with Gasteiger partial charge in [-0.1, -0.05) is 30.3 Å². The van der Waals surface area contributed by atoms with Crippen molar-refractivity contribution >= 4 is 6.29 Å². The zero-order valence-electron chi connectivity index (χ0n) is 5.29. The summed E-state index contributed by atoms with van der Waals surface area (Å²) >= 11 is 0. The van der Waals surface area contributed by atoms with Gasteiger partial charge >= 0.3 is 0 Å². The summed E-state index contributed by atoms with van der Waals surface area (Å²) in [5.74, 6) is 0. The Morgan fingerprint density at radius 2 is 2.38 bits per heavy atom. The second-order valence-electron chi connectivity index (χ2n) is 1.45. The predicted molar refractivity (Wildman–Crippen MR) is 31.8 cm³/mol. The average molecular weight is 107 g/mol. The monoisotopic (exact) mass is 107 g/mol. The molecule has 0 aliphatic carbocycles. The summed E-state index contributed by atoms with van der Waals surface area (Å²) in [5.41, 5.74) is 0.558. The third-order valence-corrected chi connectivity index (χ3v) is 0.867. The van der Waals surface area contributed by atoms with Crippen molar-refractivity contribution in [3.8, 4) is 0 Å². The summed E-state index contributed by atoms with van der Waals surface area (Å²) in [6, 6.07) is 6.89. The van der Waals surface area contributed by atoms with Gasteiger partial charge in [0.05, 0.1) is 1.37 Å². The minimum absolute atomic E-state index is 0.375. The minimum Gasteiger partial charge on any atom is -0.298 e. The highest BCUT2D eigenvalue weighted by atomic mass is 16.1. The van der Waals surface area contributed by atoms with Crippen molar-refractivity contribution in [3.63, 3.8) is 0 Å². The van der Waals surface area contributed by atoms with E-state index in [-0.39, 0.29) is 0 Å². The molecule has 0 bridgehead atoms. The quantitative estimate of drug-likeness (QED) is 0.497. The van der Waals surface area contributed by atoms with Gasteiger partial charge in [0.1, 0.15) is 6.29 Å². The first-order valence-electron chi connectivity index (χ1n) is 2.85. The molecule has 0 aliphatic rings. The average Bonchev–Trinajstić information content (AvgIpc) is 1.88. The smallest absolute Gasteiger partial charge is 0.150 e. The summed E-state index contributed by atoms with van der Waals surface area (Å²) in [6.07, 6.45) is 0.734. The standard InChI is InChI=1S/C7H6O/c8-6-7-4-2-1-3-5-7/h1-6H/i2D. The number of hydrogen-bond donors (Lipinski definition) is 0. The zero-order chi connectivity index (χ0) is 6.69. The van der Waals surface area contributed by atoms with E-state index in [0.29, 0.717) is 11.6 Å². The van der Waals surface area contributed by atoms with Crippen LogP contribution in [0.15, 0.2) is 30.3 Å². The van der Waals surface area contributed by atoms with Crippen LogP contribution in [0.3, 0.4) is 0 Å². The van der Waals surface area contributed by atoms with Gasteiger partial charge in [0.2, 0.25) is 0 Å². The molecule has 0 N–H and O–H groups in total. The third kappa shape index (κ3) is 0.936. The third-order valence-electron chi connectivity index (χ3n) is 0.867. The summed E-state index contributed by atoms with van der Waals surface area (Å²) in [6.45, 7) is 0. The number of carbonyl (C=O) groups is 1. The van der Waals surface area contributed by atoms with Gasteiger partial charge in [-0.15, -0.1) is 0 Å². The zero-order valence-corrected chi connectivity index (χ0v) is 4.29. The van der Waals surface area contributed by atoms with E-state index < -0.39 is 0 Å². The molecule has 0 aromatic heterocycles. The molecule has 1 aromatic carbocycles. The van der Waals surface area contributed by atoms with Gasteiger partial charge in [0, 0.05) is 5.56 Å². The van der Waals surface area contributed by atoms with Gasteiger partial charge < -0.3 is 0 Å². The van der Waals surface area contributed by atoms with Gasteiger partial charge in [-0.25, -0.2) is 0 Å². The van der Waals surface area contributed by atoms with E-state index in [1.54, 1.807) is 18.2 Å². The predicted octanol–water partition coefficient (Wildman–Crippen LogP) is 1.50. The lowest BCUT2D eigenvalue weighted by Gasteiger charge is -1.81. The van der Waals surface area contributed by atoms with E-state index in [4.69, 9.17) is 1.37 Å². The molecule has 8 heavy (non-hydrogen) atoms. The Bertz CT molecular complexity index is 220. The van der Waals surface area contributed by atoms with Gasteiger partial charge in [0.25, 0.3) is 0 Å². The van der Waals surface area contributed by atoms with Gasteiger partial charge in [-0.2, -0.15) is 0 Å². The summed E-state index contributed by atoms with van der Waals surface area (Å²) in [7, 11) is 0. The fraction of sp³-hybridized carbons (Fsp3) is 0.